The molecule has 180 valence electrons. The van der Waals surface area contributed by atoms with Crippen LogP contribution in [-0.4, -0.2) is 58.6 Å². The number of esters is 1. The first-order valence-electron chi connectivity index (χ1n) is 11.7. The molecule has 1 amide bonds. The highest BCUT2D eigenvalue weighted by atomic mass is 35.5. The van der Waals surface area contributed by atoms with Crippen LogP contribution >= 0.6 is 11.6 Å². The Labute approximate surface area is 205 Å². The van der Waals surface area contributed by atoms with Crippen LogP contribution in [0.3, 0.4) is 0 Å². The van der Waals surface area contributed by atoms with E-state index < -0.39 is 5.97 Å². The van der Waals surface area contributed by atoms with E-state index in [2.05, 4.69) is 29.0 Å². The average Bonchev–Trinajstić information content (AvgIpc) is 3.22. The summed E-state index contributed by atoms with van der Waals surface area (Å²) in [4.78, 5) is 32.8. The number of likely N-dealkylation sites (tertiary alicyclic amines) is 1. The van der Waals surface area contributed by atoms with Gasteiger partial charge in [-0.2, -0.15) is 0 Å². The summed E-state index contributed by atoms with van der Waals surface area (Å²) in [6.07, 6.45) is 2.50. The zero-order chi connectivity index (χ0) is 24.2. The van der Waals surface area contributed by atoms with Gasteiger partial charge in [0.1, 0.15) is 5.52 Å². The number of imidazole rings is 1. The number of carbonyl (C=O) groups is 2. The van der Waals surface area contributed by atoms with Gasteiger partial charge in [-0.15, -0.1) is 0 Å². The van der Waals surface area contributed by atoms with E-state index in [0.717, 1.165) is 37.0 Å². The number of nitrogens with one attached hydrogen (secondary N) is 1. The van der Waals surface area contributed by atoms with Crippen molar-refractivity contribution in [2.75, 3.05) is 20.2 Å². The van der Waals surface area contributed by atoms with E-state index in [-0.39, 0.29) is 11.9 Å². The summed E-state index contributed by atoms with van der Waals surface area (Å²) in [6, 6.07) is 13.6. The molecule has 0 saturated carbocycles. The molecule has 0 unspecified atom stereocenters. The number of rotatable bonds is 7. The Hall–Kier alpha value is -2.90. The summed E-state index contributed by atoms with van der Waals surface area (Å²) in [5, 5.41) is 3.87. The second-order valence-electron chi connectivity index (χ2n) is 9.01. The largest absolute Gasteiger partial charge is 0.465 e. The first kappa shape index (κ1) is 24.2. The number of hydrogen-bond donors (Lipinski definition) is 1. The predicted octanol–water partition coefficient (Wildman–Crippen LogP) is 4.32. The Bertz CT molecular complexity index is 1160. The van der Waals surface area contributed by atoms with Gasteiger partial charge in [0, 0.05) is 36.7 Å². The number of carbonyl (C=O) groups excluding carboxylic acids is 2. The molecule has 0 atom stereocenters. The number of halogens is 1. The number of ether oxygens (including phenoxy) is 1. The van der Waals surface area contributed by atoms with Gasteiger partial charge in [0.15, 0.2) is 5.82 Å². The van der Waals surface area contributed by atoms with Crippen LogP contribution in [-0.2, 0) is 17.7 Å². The number of fused-ring (bicyclic) bond motifs is 1. The molecule has 7 nitrogen and oxygen atoms in total. The third kappa shape index (κ3) is 5.26. The number of aryl methyl sites for hydroxylation is 2. The number of methoxy groups -OCH3 is 1. The predicted molar refractivity (Wildman–Crippen MR) is 133 cm³/mol. The smallest absolute Gasteiger partial charge is 0.340 e. The van der Waals surface area contributed by atoms with E-state index in [9.17, 15) is 9.59 Å². The molecule has 1 aromatic heterocycles. The number of aromatic nitrogens is 2. The molecular weight excluding hydrogens is 452 g/mol. The molecule has 1 saturated heterocycles. The molecule has 2 aromatic carbocycles. The molecular formula is C26H31ClN4O3. The van der Waals surface area contributed by atoms with Crippen molar-refractivity contribution in [3.05, 3.63) is 64.4 Å². The van der Waals surface area contributed by atoms with Crippen molar-refractivity contribution >= 4 is 34.5 Å². The lowest BCUT2D eigenvalue weighted by Crippen LogP contribution is -2.47. The van der Waals surface area contributed by atoms with Gasteiger partial charge in [0.2, 0.25) is 0 Å². The number of piperidine rings is 1. The molecule has 1 N–H and O–H groups in total. The number of benzene rings is 2. The second-order valence-corrected chi connectivity index (χ2v) is 9.44. The minimum absolute atomic E-state index is 0.104. The van der Waals surface area contributed by atoms with Crippen molar-refractivity contribution in [1.29, 1.82) is 0 Å². The maximum absolute atomic E-state index is 13.4. The van der Waals surface area contributed by atoms with E-state index in [0.29, 0.717) is 40.9 Å². The third-order valence-electron chi connectivity index (χ3n) is 6.52. The zero-order valence-corrected chi connectivity index (χ0v) is 20.6. The molecule has 0 bridgehead atoms. The minimum atomic E-state index is -0.471. The topological polar surface area (TPSA) is 76.5 Å². The van der Waals surface area contributed by atoms with Crippen molar-refractivity contribution in [2.45, 2.75) is 51.7 Å². The number of nitrogens with zero attached hydrogens (tertiary/aromatic N) is 3. The lowest BCUT2D eigenvalue weighted by Gasteiger charge is -2.34. The highest BCUT2D eigenvalue weighted by molar-refractivity contribution is 6.30. The lowest BCUT2D eigenvalue weighted by atomic mass is 10.0. The van der Waals surface area contributed by atoms with Crippen molar-refractivity contribution in [1.82, 2.24) is 19.8 Å². The maximum atomic E-state index is 13.4. The quantitative estimate of drug-likeness (QED) is 0.507. The molecule has 3 aromatic rings. The summed E-state index contributed by atoms with van der Waals surface area (Å²) in [5.74, 6) is -0.376. The van der Waals surface area contributed by atoms with Crippen molar-refractivity contribution in [3.63, 3.8) is 0 Å². The zero-order valence-electron chi connectivity index (χ0n) is 19.9. The van der Waals surface area contributed by atoms with E-state index in [1.165, 1.54) is 7.11 Å². The molecule has 8 heteroatoms. The van der Waals surface area contributed by atoms with Gasteiger partial charge >= 0.3 is 5.97 Å². The van der Waals surface area contributed by atoms with E-state index >= 15 is 0 Å². The number of hydrogen-bond acceptors (Lipinski definition) is 5. The van der Waals surface area contributed by atoms with Crippen molar-refractivity contribution < 1.29 is 14.3 Å². The van der Waals surface area contributed by atoms with Crippen LogP contribution in [0.2, 0.25) is 5.02 Å². The first-order valence-corrected chi connectivity index (χ1v) is 12.1. The summed E-state index contributed by atoms with van der Waals surface area (Å²) < 4.78 is 6.84. The van der Waals surface area contributed by atoms with E-state index in [1.807, 2.05) is 34.9 Å². The monoisotopic (exact) mass is 482 g/mol. The normalized spacial score (nSPS) is 15.1. The maximum Gasteiger partial charge on any atom is 0.340 e. The molecule has 1 aliphatic rings. The van der Waals surface area contributed by atoms with Gasteiger partial charge < -0.3 is 19.5 Å². The van der Waals surface area contributed by atoms with Crippen LogP contribution in [0.25, 0.3) is 11.0 Å². The Kier molecular flexibility index (Phi) is 7.54. The Morgan fingerprint density at radius 3 is 2.50 bits per heavy atom. The van der Waals surface area contributed by atoms with E-state index in [4.69, 9.17) is 16.3 Å². The average molecular weight is 483 g/mol. The van der Waals surface area contributed by atoms with Crippen LogP contribution in [0.15, 0.2) is 42.5 Å². The van der Waals surface area contributed by atoms with Crippen molar-refractivity contribution in [3.8, 4) is 0 Å². The van der Waals surface area contributed by atoms with Crippen molar-refractivity contribution in [2.24, 2.45) is 0 Å². The summed E-state index contributed by atoms with van der Waals surface area (Å²) >= 11 is 6.02. The van der Waals surface area contributed by atoms with Crippen LogP contribution in [0, 0.1) is 0 Å². The molecule has 4 rings (SSSR count). The lowest BCUT2D eigenvalue weighted by molar-refractivity contribution is 0.0602. The molecule has 2 heterocycles. The first-order chi connectivity index (χ1) is 16.4. The van der Waals surface area contributed by atoms with Crippen LogP contribution < -0.4 is 5.32 Å². The standard InChI is InChI=1S/C26H31ClN4O3/c1-17(2)30-14-12-20(13-15-30)28-25(32)24-29-23-21(26(33)34-3)5-4-6-22(23)31(24)16-11-18-7-9-19(27)10-8-18/h4-10,17,20H,11-16H2,1-3H3,(H,28,32). The van der Waals surface area contributed by atoms with Crippen LogP contribution in [0.1, 0.15) is 53.2 Å². The van der Waals surface area contributed by atoms with Gasteiger partial charge in [0.25, 0.3) is 5.91 Å². The van der Waals surface area contributed by atoms with Crippen LogP contribution in [0.5, 0.6) is 0 Å². The third-order valence-corrected chi connectivity index (χ3v) is 6.77. The molecule has 0 radical (unpaired) electrons. The van der Waals surface area contributed by atoms with Gasteiger partial charge in [0.05, 0.1) is 18.2 Å². The van der Waals surface area contributed by atoms with E-state index in [1.54, 1.807) is 12.1 Å². The number of amides is 1. The fraction of sp³-hybridized carbons (Fsp3) is 0.423. The molecule has 1 fully saturated rings. The summed E-state index contributed by atoms with van der Waals surface area (Å²) in [5.41, 5.74) is 2.66. The van der Waals surface area contributed by atoms with Gasteiger partial charge in [-0.05, 0) is 62.9 Å². The van der Waals surface area contributed by atoms with Crippen LogP contribution in [0.4, 0.5) is 0 Å². The summed E-state index contributed by atoms with van der Waals surface area (Å²) in [6.45, 7) is 6.85. The second kappa shape index (κ2) is 10.6. The Morgan fingerprint density at radius 1 is 1.15 bits per heavy atom. The summed E-state index contributed by atoms with van der Waals surface area (Å²) in [7, 11) is 1.34. The molecule has 0 aliphatic carbocycles. The van der Waals surface area contributed by atoms with Gasteiger partial charge in [-0.1, -0.05) is 29.8 Å². The fourth-order valence-electron chi connectivity index (χ4n) is 4.52. The SMILES string of the molecule is COC(=O)c1cccc2c1nc(C(=O)NC1CCN(C(C)C)CC1)n2CCc1ccc(Cl)cc1. The molecule has 1 aliphatic heterocycles. The van der Waals surface area contributed by atoms with Gasteiger partial charge in [-0.25, -0.2) is 9.78 Å². The molecule has 0 spiro atoms. The highest BCUT2D eigenvalue weighted by Gasteiger charge is 2.26. The fourth-order valence-corrected chi connectivity index (χ4v) is 4.65. The van der Waals surface area contributed by atoms with Gasteiger partial charge in [-0.3, -0.25) is 4.79 Å². The number of para-hydroxylation sites is 1. The minimum Gasteiger partial charge on any atom is -0.465 e. The highest BCUT2D eigenvalue weighted by Crippen LogP contribution is 2.23. The Morgan fingerprint density at radius 2 is 1.85 bits per heavy atom. The Balaban J connectivity index is 1.62. The molecule has 34 heavy (non-hydrogen) atoms.